The number of carbonyl (C=O) groups excluding carboxylic acids is 1. The number of ether oxygens (including phenoxy) is 1. The molecule has 1 aliphatic heterocycles. The topological polar surface area (TPSA) is 58.6 Å². The van der Waals surface area contributed by atoms with Crippen LogP contribution in [0.2, 0.25) is 0 Å². The Labute approximate surface area is 138 Å². The molecule has 1 heterocycles. The van der Waals surface area contributed by atoms with Gasteiger partial charge in [0.25, 0.3) is 0 Å². The Bertz CT molecular complexity index is 620. The molecule has 2 rings (SSSR count). The lowest BCUT2D eigenvalue weighted by Gasteiger charge is -2.31. The van der Waals surface area contributed by atoms with Gasteiger partial charge in [0.15, 0.2) is 0 Å². The van der Waals surface area contributed by atoms with Crippen LogP contribution in [-0.4, -0.2) is 36.4 Å². The summed E-state index contributed by atoms with van der Waals surface area (Å²) in [5, 5.41) is 12.8. The van der Waals surface area contributed by atoms with E-state index in [4.69, 9.17) is 4.74 Å². The second-order valence-corrected chi connectivity index (χ2v) is 5.93. The van der Waals surface area contributed by atoms with Crippen molar-refractivity contribution in [2.24, 2.45) is 0 Å². The Kier molecular flexibility index (Phi) is 5.66. The summed E-state index contributed by atoms with van der Waals surface area (Å²) in [6.07, 6.45) is -2.55. The molecular formula is C17H20F3NO3. The van der Waals surface area contributed by atoms with E-state index in [9.17, 15) is 23.1 Å². The smallest absolute Gasteiger partial charge is 0.388 e. The summed E-state index contributed by atoms with van der Waals surface area (Å²) in [4.78, 5) is 12.0. The lowest BCUT2D eigenvalue weighted by Crippen LogP contribution is -2.46. The number of hydrogen-bond acceptors (Lipinski definition) is 3. The Hall–Kier alpha value is -1.86. The molecule has 1 aromatic carbocycles. The van der Waals surface area contributed by atoms with Crippen LogP contribution < -0.4 is 5.32 Å². The fourth-order valence-corrected chi connectivity index (χ4v) is 2.58. The number of carbonyl (C=O) groups is 1. The van der Waals surface area contributed by atoms with Crippen LogP contribution in [0.25, 0.3) is 5.57 Å². The van der Waals surface area contributed by atoms with Crippen LogP contribution in [0.1, 0.15) is 30.9 Å². The van der Waals surface area contributed by atoms with Crippen molar-refractivity contribution in [3.05, 3.63) is 41.5 Å². The van der Waals surface area contributed by atoms with E-state index in [2.05, 4.69) is 5.32 Å². The number of amides is 1. The SMILES string of the molecule is CC(=CC(=O)NCC1(O)CCOCC1)c1ccccc1C(F)(F)F. The zero-order valence-corrected chi connectivity index (χ0v) is 13.3. The molecule has 0 saturated carbocycles. The highest BCUT2D eigenvalue weighted by atomic mass is 19.4. The average molecular weight is 343 g/mol. The molecule has 7 heteroatoms. The Morgan fingerprint density at radius 3 is 2.58 bits per heavy atom. The van der Waals surface area contributed by atoms with Crippen LogP contribution in [0.5, 0.6) is 0 Å². The van der Waals surface area contributed by atoms with Crippen LogP contribution in [0.15, 0.2) is 30.3 Å². The molecular weight excluding hydrogens is 323 g/mol. The van der Waals surface area contributed by atoms with Crippen LogP contribution in [0.4, 0.5) is 13.2 Å². The van der Waals surface area contributed by atoms with Crippen LogP contribution >= 0.6 is 0 Å². The zero-order valence-electron chi connectivity index (χ0n) is 13.3. The quantitative estimate of drug-likeness (QED) is 0.827. The predicted octanol–water partition coefficient (Wildman–Crippen LogP) is 2.77. The first kappa shape index (κ1) is 18.5. The monoisotopic (exact) mass is 343 g/mol. The number of halogens is 3. The number of benzene rings is 1. The molecule has 0 unspecified atom stereocenters. The molecule has 0 spiro atoms. The molecule has 1 amide bonds. The number of alkyl halides is 3. The van der Waals surface area contributed by atoms with Gasteiger partial charge in [0.05, 0.1) is 11.2 Å². The molecule has 132 valence electrons. The third-order valence-corrected chi connectivity index (χ3v) is 4.02. The van der Waals surface area contributed by atoms with Gasteiger partial charge < -0.3 is 15.2 Å². The first-order valence-corrected chi connectivity index (χ1v) is 7.64. The van der Waals surface area contributed by atoms with Gasteiger partial charge in [0, 0.05) is 38.7 Å². The highest BCUT2D eigenvalue weighted by Crippen LogP contribution is 2.34. The van der Waals surface area contributed by atoms with Crippen molar-refractivity contribution >= 4 is 11.5 Å². The maximum absolute atomic E-state index is 13.0. The molecule has 2 N–H and O–H groups in total. The Morgan fingerprint density at radius 2 is 1.96 bits per heavy atom. The number of aliphatic hydroxyl groups is 1. The van der Waals surface area contributed by atoms with Crippen molar-refractivity contribution in [2.45, 2.75) is 31.5 Å². The minimum Gasteiger partial charge on any atom is -0.388 e. The van der Waals surface area contributed by atoms with Gasteiger partial charge in [0.2, 0.25) is 5.91 Å². The molecule has 0 bridgehead atoms. The second-order valence-electron chi connectivity index (χ2n) is 5.93. The maximum atomic E-state index is 13.0. The highest BCUT2D eigenvalue weighted by molar-refractivity contribution is 5.95. The van der Waals surface area contributed by atoms with E-state index in [0.29, 0.717) is 26.1 Å². The van der Waals surface area contributed by atoms with E-state index in [1.807, 2.05) is 0 Å². The van der Waals surface area contributed by atoms with Gasteiger partial charge in [0.1, 0.15) is 0 Å². The molecule has 1 saturated heterocycles. The number of nitrogens with one attached hydrogen (secondary N) is 1. The van der Waals surface area contributed by atoms with Crippen molar-refractivity contribution in [3.63, 3.8) is 0 Å². The average Bonchev–Trinajstić information content (AvgIpc) is 2.53. The van der Waals surface area contributed by atoms with Crippen molar-refractivity contribution in [3.8, 4) is 0 Å². The molecule has 4 nitrogen and oxygen atoms in total. The maximum Gasteiger partial charge on any atom is 0.416 e. The summed E-state index contributed by atoms with van der Waals surface area (Å²) in [7, 11) is 0. The molecule has 0 aromatic heterocycles. The fourth-order valence-electron chi connectivity index (χ4n) is 2.58. The van der Waals surface area contributed by atoms with E-state index in [0.717, 1.165) is 12.1 Å². The summed E-state index contributed by atoms with van der Waals surface area (Å²) in [6, 6.07) is 5.11. The lowest BCUT2D eigenvalue weighted by molar-refractivity contribution is -0.137. The molecule has 1 aliphatic rings. The van der Waals surface area contributed by atoms with Crippen LogP contribution in [0, 0.1) is 0 Å². The van der Waals surface area contributed by atoms with E-state index in [-0.39, 0.29) is 17.7 Å². The predicted molar refractivity (Wildman–Crippen MR) is 83.1 cm³/mol. The number of rotatable bonds is 4. The highest BCUT2D eigenvalue weighted by Gasteiger charge is 2.33. The van der Waals surface area contributed by atoms with Gasteiger partial charge in [-0.1, -0.05) is 18.2 Å². The molecule has 1 fully saturated rings. The zero-order chi connectivity index (χ0) is 17.8. The van der Waals surface area contributed by atoms with E-state index < -0.39 is 23.2 Å². The third kappa shape index (κ3) is 4.82. The van der Waals surface area contributed by atoms with Gasteiger partial charge >= 0.3 is 6.18 Å². The summed E-state index contributed by atoms with van der Waals surface area (Å²) < 4.78 is 44.2. The Balaban J connectivity index is 2.07. The standard InChI is InChI=1S/C17H20F3NO3/c1-12(13-4-2-3-5-14(13)17(18,19)20)10-15(22)21-11-16(23)6-8-24-9-7-16/h2-5,10,23H,6-9,11H2,1H3,(H,21,22). The van der Waals surface area contributed by atoms with Crippen molar-refractivity contribution < 1.29 is 27.8 Å². The normalized spacial score (nSPS) is 18.3. The van der Waals surface area contributed by atoms with E-state index in [1.165, 1.54) is 25.1 Å². The molecule has 0 aliphatic carbocycles. The van der Waals surface area contributed by atoms with Crippen molar-refractivity contribution in [1.82, 2.24) is 5.32 Å². The van der Waals surface area contributed by atoms with Crippen molar-refractivity contribution in [1.29, 1.82) is 0 Å². The lowest BCUT2D eigenvalue weighted by atomic mass is 9.94. The summed E-state index contributed by atoms with van der Waals surface area (Å²) >= 11 is 0. The summed E-state index contributed by atoms with van der Waals surface area (Å²) in [5.74, 6) is -0.538. The molecule has 0 radical (unpaired) electrons. The van der Waals surface area contributed by atoms with Gasteiger partial charge in [-0.15, -0.1) is 0 Å². The third-order valence-electron chi connectivity index (χ3n) is 4.02. The summed E-state index contributed by atoms with van der Waals surface area (Å²) in [5.41, 5.74) is -1.64. The molecule has 24 heavy (non-hydrogen) atoms. The Morgan fingerprint density at radius 1 is 1.33 bits per heavy atom. The first-order valence-electron chi connectivity index (χ1n) is 7.64. The van der Waals surface area contributed by atoms with Crippen LogP contribution in [0.3, 0.4) is 0 Å². The van der Waals surface area contributed by atoms with E-state index in [1.54, 1.807) is 0 Å². The minimum atomic E-state index is -4.49. The van der Waals surface area contributed by atoms with E-state index >= 15 is 0 Å². The first-order chi connectivity index (χ1) is 11.2. The summed E-state index contributed by atoms with van der Waals surface area (Å²) in [6.45, 7) is 2.33. The van der Waals surface area contributed by atoms with Gasteiger partial charge in [-0.25, -0.2) is 0 Å². The largest absolute Gasteiger partial charge is 0.416 e. The van der Waals surface area contributed by atoms with Crippen molar-refractivity contribution in [2.75, 3.05) is 19.8 Å². The second kappa shape index (κ2) is 7.36. The van der Waals surface area contributed by atoms with Crippen LogP contribution in [-0.2, 0) is 15.7 Å². The van der Waals surface area contributed by atoms with Gasteiger partial charge in [-0.3, -0.25) is 4.79 Å². The molecule has 1 aromatic rings. The fraction of sp³-hybridized carbons (Fsp3) is 0.471. The van der Waals surface area contributed by atoms with Gasteiger partial charge in [-0.2, -0.15) is 13.2 Å². The minimum absolute atomic E-state index is 0.0371. The van der Waals surface area contributed by atoms with Gasteiger partial charge in [-0.05, 0) is 24.1 Å². The number of hydrogen-bond donors (Lipinski definition) is 2. The number of allylic oxidation sites excluding steroid dienone is 1. The molecule has 0 atom stereocenters.